The van der Waals surface area contributed by atoms with Gasteiger partial charge in [-0.3, -0.25) is 9.59 Å². The second-order valence-corrected chi connectivity index (χ2v) is 6.29. The van der Waals surface area contributed by atoms with Crippen LogP contribution in [-0.4, -0.2) is 17.4 Å². The molecule has 1 heterocycles. The first-order valence-corrected chi connectivity index (χ1v) is 8.59. The minimum absolute atomic E-state index is 0.247. The third-order valence-electron chi connectivity index (χ3n) is 4.51. The van der Waals surface area contributed by atoms with Crippen molar-refractivity contribution in [1.29, 1.82) is 0 Å². The van der Waals surface area contributed by atoms with Crippen LogP contribution in [0.3, 0.4) is 0 Å². The Balaban J connectivity index is 1.45. The number of benzene rings is 3. The Labute approximate surface area is 150 Å². The van der Waals surface area contributed by atoms with Crippen molar-refractivity contribution in [3.63, 3.8) is 0 Å². The molecule has 0 fully saturated rings. The van der Waals surface area contributed by atoms with Crippen molar-refractivity contribution in [2.75, 3.05) is 6.54 Å². The summed E-state index contributed by atoms with van der Waals surface area (Å²) < 4.78 is 0. The number of rotatable bonds is 4. The molecule has 0 spiro atoms. The number of amides is 1. The number of carbonyl (C=O) groups is 1. The summed E-state index contributed by atoms with van der Waals surface area (Å²) in [6, 6.07) is 23.4. The number of fused-ring (bicyclic) bond motifs is 2. The van der Waals surface area contributed by atoms with Crippen LogP contribution in [0.15, 0.2) is 77.6 Å². The molecule has 4 heteroatoms. The minimum atomic E-state index is -0.270. The highest BCUT2D eigenvalue weighted by Crippen LogP contribution is 2.16. The van der Waals surface area contributed by atoms with Crippen molar-refractivity contribution in [2.45, 2.75) is 6.42 Å². The fourth-order valence-electron chi connectivity index (χ4n) is 3.14. The molecule has 4 aromatic rings. The smallest absolute Gasteiger partial charge is 0.267 e. The summed E-state index contributed by atoms with van der Waals surface area (Å²) in [4.78, 5) is 27.1. The highest BCUT2D eigenvalue weighted by molar-refractivity contribution is 5.96. The van der Waals surface area contributed by atoms with Crippen LogP contribution in [0.1, 0.15) is 16.1 Å². The van der Waals surface area contributed by atoms with Crippen LogP contribution in [0.4, 0.5) is 0 Å². The lowest BCUT2D eigenvalue weighted by atomic mass is 10.1. The van der Waals surface area contributed by atoms with Gasteiger partial charge in [0.25, 0.3) is 11.5 Å². The van der Waals surface area contributed by atoms with Gasteiger partial charge in [0.2, 0.25) is 0 Å². The summed E-state index contributed by atoms with van der Waals surface area (Å²) in [5.74, 6) is -0.270. The Kier molecular flexibility index (Phi) is 4.23. The van der Waals surface area contributed by atoms with E-state index in [9.17, 15) is 9.59 Å². The van der Waals surface area contributed by atoms with Gasteiger partial charge in [-0.1, -0.05) is 60.7 Å². The largest absolute Gasteiger partial charge is 0.350 e. The maximum Gasteiger partial charge on any atom is 0.267 e. The Morgan fingerprint density at radius 3 is 2.42 bits per heavy atom. The van der Waals surface area contributed by atoms with Crippen LogP contribution in [0.5, 0.6) is 0 Å². The number of hydrogen-bond donors (Lipinski definition) is 2. The molecule has 0 aliphatic heterocycles. The molecule has 1 aromatic heterocycles. The molecule has 0 bridgehead atoms. The molecule has 4 nitrogen and oxygen atoms in total. The van der Waals surface area contributed by atoms with Crippen molar-refractivity contribution in [3.8, 4) is 0 Å². The molecule has 0 unspecified atom stereocenters. The fraction of sp³-hybridized carbons (Fsp3) is 0.0909. The maximum absolute atomic E-state index is 12.4. The highest BCUT2D eigenvalue weighted by atomic mass is 16.2. The molecule has 0 atom stereocenters. The Morgan fingerprint density at radius 2 is 1.58 bits per heavy atom. The number of aromatic amines is 1. The van der Waals surface area contributed by atoms with Crippen LogP contribution in [-0.2, 0) is 6.42 Å². The first-order chi connectivity index (χ1) is 12.7. The zero-order chi connectivity index (χ0) is 17.9. The van der Waals surface area contributed by atoms with Crippen LogP contribution < -0.4 is 10.9 Å². The topological polar surface area (TPSA) is 62.0 Å². The molecule has 0 saturated heterocycles. The molecule has 0 aliphatic rings. The normalized spacial score (nSPS) is 10.9. The van der Waals surface area contributed by atoms with Crippen LogP contribution in [0.2, 0.25) is 0 Å². The summed E-state index contributed by atoms with van der Waals surface area (Å²) in [6.45, 7) is 0.506. The zero-order valence-corrected chi connectivity index (χ0v) is 14.2. The van der Waals surface area contributed by atoms with Gasteiger partial charge in [0.05, 0.1) is 0 Å². The predicted octanol–water partition coefficient (Wildman–Crippen LogP) is 3.65. The second kappa shape index (κ2) is 6.84. The van der Waals surface area contributed by atoms with E-state index in [2.05, 4.69) is 40.6 Å². The number of aromatic nitrogens is 1. The third kappa shape index (κ3) is 3.22. The van der Waals surface area contributed by atoms with E-state index in [1.807, 2.05) is 24.3 Å². The Bertz CT molecular complexity index is 1160. The number of hydrogen-bond acceptors (Lipinski definition) is 2. The number of nitrogens with one attached hydrogen (secondary N) is 2. The number of H-pyrrole nitrogens is 1. The summed E-state index contributed by atoms with van der Waals surface area (Å²) in [5, 5.41) is 6.61. The van der Waals surface area contributed by atoms with Gasteiger partial charge in [0.15, 0.2) is 0 Å². The SMILES string of the molecule is O=C(NCCc1ccc2ccccc2c1)c1cc2ccccc2c(=O)[nH]1. The average molecular weight is 342 g/mol. The van der Waals surface area contributed by atoms with Crippen LogP contribution in [0.25, 0.3) is 21.5 Å². The van der Waals surface area contributed by atoms with Gasteiger partial charge in [-0.05, 0) is 40.3 Å². The standard InChI is InChI=1S/C22H18N2O2/c25-21-19-8-4-3-7-18(19)14-20(24-21)22(26)23-12-11-15-9-10-16-5-1-2-6-17(16)13-15/h1-10,13-14H,11-12H2,(H,23,26)(H,24,25). The molecule has 128 valence electrons. The van der Waals surface area contributed by atoms with Gasteiger partial charge in [-0.2, -0.15) is 0 Å². The number of carbonyl (C=O) groups excluding carboxylic acids is 1. The predicted molar refractivity (Wildman–Crippen MR) is 105 cm³/mol. The molecule has 3 aromatic carbocycles. The van der Waals surface area contributed by atoms with E-state index >= 15 is 0 Å². The first-order valence-electron chi connectivity index (χ1n) is 8.59. The zero-order valence-electron chi connectivity index (χ0n) is 14.2. The van der Waals surface area contributed by atoms with Gasteiger partial charge >= 0.3 is 0 Å². The maximum atomic E-state index is 12.4. The molecular weight excluding hydrogens is 324 g/mol. The highest BCUT2D eigenvalue weighted by Gasteiger charge is 2.09. The van der Waals surface area contributed by atoms with E-state index < -0.39 is 0 Å². The fourth-order valence-corrected chi connectivity index (χ4v) is 3.14. The second-order valence-electron chi connectivity index (χ2n) is 6.29. The van der Waals surface area contributed by atoms with Gasteiger partial charge in [0, 0.05) is 11.9 Å². The lowest BCUT2D eigenvalue weighted by molar-refractivity contribution is 0.0949. The summed E-state index contributed by atoms with van der Waals surface area (Å²) in [5.41, 5.74) is 1.20. The summed E-state index contributed by atoms with van der Waals surface area (Å²) in [7, 11) is 0. The Hall–Kier alpha value is -3.40. The van der Waals surface area contributed by atoms with Crippen molar-refractivity contribution >= 4 is 27.5 Å². The van der Waals surface area contributed by atoms with Crippen LogP contribution >= 0.6 is 0 Å². The number of pyridine rings is 1. The molecule has 0 radical (unpaired) electrons. The molecule has 1 amide bonds. The molecule has 0 aliphatic carbocycles. The van der Waals surface area contributed by atoms with E-state index in [1.165, 1.54) is 10.8 Å². The molecule has 4 rings (SSSR count). The van der Waals surface area contributed by atoms with E-state index in [4.69, 9.17) is 0 Å². The van der Waals surface area contributed by atoms with Crippen molar-refractivity contribution < 1.29 is 4.79 Å². The molecule has 26 heavy (non-hydrogen) atoms. The average Bonchev–Trinajstić information content (AvgIpc) is 2.68. The first kappa shape index (κ1) is 16.1. The van der Waals surface area contributed by atoms with Crippen molar-refractivity contribution in [1.82, 2.24) is 10.3 Å². The van der Waals surface area contributed by atoms with Crippen molar-refractivity contribution in [3.05, 3.63) is 94.4 Å². The lowest BCUT2D eigenvalue weighted by Crippen LogP contribution is -2.28. The van der Waals surface area contributed by atoms with Gasteiger partial charge in [-0.15, -0.1) is 0 Å². The van der Waals surface area contributed by atoms with Crippen LogP contribution in [0, 0.1) is 0 Å². The monoisotopic (exact) mass is 342 g/mol. The molecule has 0 saturated carbocycles. The van der Waals surface area contributed by atoms with Gasteiger partial charge in [-0.25, -0.2) is 0 Å². The summed E-state index contributed by atoms with van der Waals surface area (Å²) >= 11 is 0. The summed E-state index contributed by atoms with van der Waals surface area (Å²) in [6.07, 6.45) is 0.731. The van der Waals surface area contributed by atoms with E-state index in [-0.39, 0.29) is 17.2 Å². The van der Waals surface area contributed by atoms with E-state index in [0.29, 0.717) is 11.9 Å². The van der Waals surface area contributed by atoms with E-state index in [0.717, 1.165) is 17.4 Å². The molecule has 2 N–H and O–H groups in total. The Morgan fingerprint density at radius 1 is 0.846 bits per heavy atom. The van der Waals surface area contributed by atoms with Gasteiger partial charge in [0.1, 0.15) is 5.69 Å². The quantitative estimate of drug-likeness (QED) is 0.595. The minimum Gasteiger partial charge on any atom is -0.350 e. The lowest BCUT2D eigenvalue weighted by Gasteiger charge is -2.07. The van der Waals surface area contributed by atoms with Gasteiger partial charge < -0.3 is 10.3 Å². The van der Waals surface area contributed by atoms with Crippen molar-refractivity contribution in [2.24, 2.45) is 0 Å². The van der Waals surface area contributed by atoms with E-state index in [1.54, 1.807) is 18.2 Å². The molecular formula is C22H18N2O2. The third-order valence-corrected chi connectivity index (χ3v) is 4.51.